The van der Waals surface area contributed by atoms with Gasteiger partial charge in [0.05, 0.1) is 10.6 Å². The molecule has 0 bridgehead atoms. The van der Waals surface area contributed by atoms with Gasteiger partial charge in [0.2, 0.25) is 5.91 Å². The Morgan fingerprint density at radius 3 is 2.64 bits per heavy atom. The summed E-state index contributed by atoms with van der Waals surface area (Å²) in [5, 5.41) is 3.42. The third-order valence-electron chi connectivity index (χ3n) is 3.84. The highest BCUT2D eigenvalue weighted by atomic mass is 35.5. The van der Waals surface area contributed by atoms with Crippen LogP contribution in [0.5, 0.6) is 0 Å². The highest BCUT2D eigenvalue weighted by molar-refractivity contribution is 7.91. The molecule has 1 heterocycles. The molecule has 0 aliphatic carbocycles. The lowest BCUT2D eigenvalue weighted by Gasteiger charge is -2.05. The van der Waals surface area contributed by atoms with Gasteiger partial charge < -0.3 is 5.32 Å². The monoisotopic (exact) mass is 438 g/mol. The molecule has 146 valence electrons. The number of halogens is 2. The van der Waals surface area contributed by atoms with E-state index in [1.54, 1.807) is 12.3 Å². The quantitative estimate of drug-likeness (QED) is 0.595. The summed E-state index contributed by atoms with van der Waals surface area (Å²) in [6, 6.07) is 12.1. The largest absolute Gasteiger partial charge is 0.302 e. The van der Waals surface area contributed by atoms with Crippen molar-refractivity contribution in [2.45, 2.75) is 17.7 Å². The summed E-state index contributed by atoms with van der Waals surface area (Å²) in [4.78, 5) is 17.2. The lowest BCUT2D eigenvalue weighted by Crippen LogP contribution is -2.17. The van der Waals surface area contributed by atoms with Gasteiger partial charge in [-0.25, -0.2) is 17.8 Å². The van der Waals surface area contributed by atoms with Crippen molar-refractivity contribution in [3.63, 3.8) is 0 Å². The van der Waals surface area contributed by atoms with Gasteiger partial charge in [0.25, 0.3) is 0 Å². The zero-order valence-electron chi connectivity index (χ0n) is 14.6. The van der Waals surface area contributed by atoms with E-state index < -0.39 is 15.7 Å². The molecule has 1 aromatic heterocycles. The Hall–Kier alpha value is -2.29. The van der Waals surface area contributed by atoms with E-state index in [2.05, 4.69) is 10.3 Å². The van der Waals surface area contributed by atoms with Gasteiger partial charge in [-0.3, -0.25) is 4.79 Å². The number of hydrogen-bond donors (Lipinski definition) is 1. The summed E-state index contributed by atoms with van der Waals surface area (Å²) in [6.45, 7) is 0. The van der Waals surface area contributed by atoms with Crippen LogP contribution in [-0.2, 0) is 21.1 Å². The van der Waals surface area contributed by atoms with E-state index in [0.29, 0.717) is 16.6 Å². The first kappa shape index (κ1) is 20.4. The molecule has 0 radical (unpaired) electrons. The average molecular weight is 439 g/mol. The molecule has 9 heteroatoms. The van der Waals surface area contributed by atoms with Crippen LogP contribution in [0.15, 0.2) is 59.6 Å². The van der Waals surface area contributed by atoms with Crippen LogP contribution in [0.3, 0.4) is 0 Å². The fourth-order valence-corrected chi connectivity index (χ4v) is 4.69. The summed E-state index contributed by atoms with van der Waals surface area (Å²) in [5.74, 6) is -1.07. The molecule has 28 heavy (non-hydrogen) atoms. The van der Waals surface area contributed by atoms with Crippen LogP contribution in [-0.4, -0.2) is 25.1 Å². The summed E-state index contributed by atoms with van der Waals surface area (Å²) < 4.78 is 37.8. The van der Waals surface area contributed by atoms with Crippen LogP contribution in [0.4, 0.5) is 9.52 Å². The van der Waals surface area contributed by atoms with E-state index in [-0.39, 0.29) is 22.9 Å². The second-order valence-electron chi connectivity index (χ2n) is 6.01. The molecule has 0 atom stereocenters. The van der Waals surface area contributed by atoms with Crippen molar-refractivity contribution in [1.29, 1.82) is 0 Å². The SMILES string of the molecule is O=C(CCS(=O)(=O)c1ccc(Cl)cc1)Nc1ncc(Cc2cccc(F)c2)s1. The van der Waals surface area contributed by atoms with E-state index >= 15 is 0 Å². The molecule has 0 aliphatic heterocycles. The molecule has 0 unspecified atom stereocenters. The molecule has 5 nitrogen and oxygen atoms in total. The van der Waals surface area contributed by atoms with Gasteiger partial charge in [-0.2, -0.15) is 0 Å². The second-order valence-corrected chi connectivity index (χ2v) is 9.67. The zero-order chi connectivity index (χ0) is 20.1. The molecular weight excluding hydrogens is 423 g/mol. The van der Waals surface area contributed by atoms with Crippen molar-refractivity contribution < 1.29 is 17.6 Å². The van der Waals surface area contributed by atoms with Crippen LogP contribution in [0.2, 0.25) is 5.02 Å². The van der Waals surface area contributed by atoms with Gasteiger partial charge in [0.1, 0.15) is 5.82 Å². The Balaban J connectivity index is 1.55. The van der Waals surface area contributed by atoms with E-state index in [9.17, 15) is 17.6 Å². The Morgan fingerprint density at radius 1 is 1.18 bits per heavy atom. The number of sulfone groups is 1. The van der Waals surface area contributed by atoms with Gasteiger partial charge in [-0.1, -0.05) is 23.7 Å². The first-order valence-corrected chi connectivity index (χ1v) is 11.1. The highest BCUT2D eigenvalue weighted by Crippen LogP contribution is 2.22. The first-order chi connectivity index (χ1) is 13.3. The Labute approximate surface area is 171 Å². The van der Waals surface area contributed by atoms with E-state index in [4.69, 9.17) is 11.6 Å². The number of carbonyl (C=O) groups is 1. The number of benzene rings is 2. The summed E-state index contributed by atoms with van der Waals surface area (Å²) in [6.07, 6.45) is 1.91. The van der Waals surface area contributed by atoms with E-state index in [1.807, 2.05) is 6.07 Å². The lowest BCUT2D eigenvalue weighted by molar-refractivity contribution is -0.115. The summed E-state index contributed by atoms with van der Waals surface area (Å²) in [7, 11) is -3.58. The van der Waals surface area contributed by atoms with Gasteiger partial charge in [-0.15, -0.1) is 11.3 Å². The maximum atomic E-state index is 13.2. The van der Waals surface area contributed by atoms with Crippen molar-refractivity contribution in [3.8, 4) is 0 Å². The van der Waals surface area contributed by atoms with Crippen molar-refractivity contribution in [1.82, 2.24) is 4.98 Å². The van der Waals surface area contributed by atoms with E-state index in [0.717, 1.165) is 10.4 Å². The molecule has 1 N–H and O–H groups in total. The number of hydrogen-bond acceptors (Lipinski definition) is 5. The Morgan fingerprint density at radius 2 is 1.93 bits per heavy atom. The number of nitrogens with one attached hydrogen (secondary N) is 1. The summed E-state index contributed by atoms with van der Waals surface area (Å²) >= 11 is 7.02. The summed E-state index contributed by atoms with van der Waals surface area (Å²) in [5.41, 5.74) is 0.801. The molecule has 0 fully saturated rings. The number of carbonyl (C=O) groups excluding carboxylic acids is 1. The number of amides is 1. The topological polar surface area (TPSA) is 76.1 Å². The smallest absolute Gasteiger partial charge is 0.227 e. The Bertz CT molecular complexity index is 1080. The van der Waals surface area contributed by atoms with Gasteiger partial charge in [0.15, 0.2) is 15.0 Å². The molecular formula is C19H16ClFN2O3S2. The van der Waals surface area contributed by atoms with Crippen LogP contribution < -0.4 is 5.32 Å². The second kappa shape index (κ2) is 8.81. The van der Waals surface area contributed by atoms with Crippen molar-refractivity contribution >= 4 is 43.8 Å². The Kier molecular flexibility index (Phi) is 6.43. The molecule has 0 spiro atoms. The van der Waals surface area contributed by atoms with Crippen LogP contribution in [0, 0.1) is 5.82 Å². The first-order valence-electron chi connectivity index (χ1n) is 8.29. The minimum Gasteiger partial charge on any atom is -0.302 e. The van der Waals surface area contributed by atoms with Crippen molar-refractivity contribution in [3.05, 3.63) is 76.0 Å². The maximum Gasteiger partial charge on any atom is 0.227 e. The molecule has 3 aromatic rings. The molecule has 2 aromatic carbocycles. The van der Waals surface area contributed by atoms with Gasteiger partial charge in [-0.05, 0) is 42.0 Å². The normalized spacial score (nSPS) is 11.4. The fourth-order valence-electron chi connectivity index (χ4n) is 2.46. The molecule has 0 aliphatic rings. The third-order valence-corrected chi connectivity index (χ3v) is 6.73. The minimum atomic E-state index is -3.58. The predicted octanol–water partition coefficient (Wildman–Crippen LogP) is 4.33. The highest BCUT2D eigenvalue weighted by Gasteiger charge is 2.17. The van der Waals surface area contributed by atoms with Gasteiger partial charge in [0, 0.05) is 28.9 Å². The van der Waals surface area contributed by atoms with Gasteiger partial charge >= 0.3 is 0 Å². The molecule has 0 saturated heterocycles. The zero-order valence-corrected chi connectivity index (χ0v) is 17.0. The number of anilines is 1. The minimum absolute atomic E-state index is 0.122. The average Bonchev–Trinajstić information content (AvgIpc) is 3.07. The van der Waals surface area contributed by atoms with Crippen LogP contribution in [0.25, 0.3) is 0 Å². The van der Waals surface area contributed by atoms with Crippen LogP contribution >= 0.6 is 22.9 Å². The van der Waals surface area contributed by atoms with Crippen LogP contribution in [0.1, 0.15) is 16.9 Å². The fraction of sp³-hybridized carbons (Fsp3) is 0.158. The number of nitrogens with zero attached hydrogens (tertiary/aromatic N) is 1. The predicted molar refractivity (Wildman–Crippen MR) is 108 cm³/mol. The maximum absolute atomic E-state index is 13.2. The van der Waals surface area contributed by atoms with Crippen molar-refractivity contribution in [2.75, 3.05) is 11.1 Å². The molecule has 0 saturated carbocycles. The number of thiazole rings is 1. The number of aromatic nitrogens is 1. The number of rotatable bonds is 7. The molecule has 3 rings (SSSR count). The van der Waals surface area contributed by atoms with Crippen molar-refractivity contribution in [2.24, 2.45) is 0 Å². The lowest BCUT2D eigenvalue weighted by atomic mass is 10.1. The molecule has 1 amide bonds. The third kappa shape index (κ3) is 5.60. The van der Waals surface area contributed by atoms with E-state index in [1.165, 1.54) is 47.7 Å². The standard InChI is InChI=1S/C19H16ClFN2O3S2/c20-14-4-6-17(7-5-14)28(25,26)9-8-18(24)23-19-22-12-16(27-19)11-13-2-1-3-15(21)10-13/h1-7,10,12H,8-9,11H2,(H,22,23,24).